The highest BCUT2D eigenvalue weighted by atomic mass is 32.2. The van der Waals surface area contributed by atoms with Crippen LogP contribution in [0.3, 0.4) is 0 Å². The molecule has 0 N–H and O–H groups in total. The van der Waals surface area contributed by atoms with Gasteiger partial charge in [-0.3, -0.25) is 9.59 Å². The fourth-order valence-electron chi connectivity index (χ4n) is 3.64. The third-order valence-corrected chi connectivity index (χ3v) is 6.44. The van der Waals surface area contributed by atoms with E-state index in [9.17, 15) is 9.59 Å². The van der Waals surface area contributed by atoms with Crippen LogP contribution in [0.1, 0.15) is 12.5 Å². The van der Waals surface area contributed by atoms with Gasteiger partial charge in [0, 0.05) is 38.9 Å². The first-order valence-corrected chi connectivity index (χ1v) is 11.6. The van der Waals surface area contributed by atoms with Gasteiger partial charge in [-0.05, 0) is 40.6 Å². The summed E-state index contributed by atoms with van der Waals surface area (Å²) in [6.07, 6.45) is 0. The fraction of sp³-hybridized carbons (Fsp3) is 0.280. The zero-order valence-electron chi connectivity index (χ0n) is 17.6. The van der Waals surface area contributed by atoms with Gasteiger partial charge in [0.25, 0.3) is 0 Å². The number of rotatable bonds is 6. The van der Waals surface area contributed by atoms with Crippen molar-refractivity contribution in [2.75, 3.05) is 31.9 Å². The van der Waals surface area contributed by atoms with Gasteiger partial charge in [0.15, 0.2) is 0 Å². The number of thioether (sulfide) groups is 1. The molecule has 1 aliphatic heterocycles. The Morgan fingerprint density at radius 1 is 0.839 bits per heavy atom. The highest BCUT2D eigenvalue weighted by Gasteiger charge is 2.21. The Morgan fingerprint density at radius 3 is 2.19 bits per heavy atom. The van der Waals surface area contributed by atoms with Gasteiger partial charge in [0.2, 0.25) is 11.8 Å². The first kappa shape index (κ1) is 21.2. The number of carbonyl (C=O) groups is 2. The van der Waals surface area contributed by atoms with Crippen LogP contribution in [0, 0.1) is 0 Å². The predicted molar refractivity (Wildman–Crippen MR) is 125 cm³/mol. The maximum absolute atomic E-state index is 12.4. The molecule has 1 fully saturated rings. The molecular formula is C25H26N2O3S. The molecule has 0 bridgehead atoms. The molecule has 0 aromatic heterocycles. The number of fused-ring (bicyclic) bond motifs is 1. The number of piperazine rings is 1. The lowest BCUT2D eigenvalue weighted by molar-refractivity contribution is -0.136. The van der Waals surface area contributed by atoms with Crippen LogP contribution in [0.5, 0.6) is 11.5 Å². The molecule has 6 heteroatoms. The molecule has 31 heavy (non-hydrogen) atoms. The van der Waals surface area contributed by atoms with Gasteiger partial charge in [-0.15, -0.1) is 11.8 Å². The van der Waals surface area contributed by atoms with E-state index in [1.807, 2.05) is 53.4 Å². The second-order valence-corrected chi connectivity index (χ2v) is 8.62. The lowest BCUT2D eigenvalue weighted by atomic mass is 10.1. The number of carbonyl (C=O) groups excluding carboxylic acids is 2. The van der Waals surface area contributed by atoms with E-state index in [2.05, 4.69) is 18.2 Å². The van der Waals surface area contributed by atoms with Crippen LogP contribution in [0.2, 0.25) is 0 Å². The zero-order valence-corrected chi connectivity index (χ0v) is 18.4. The minimum absolute atomic E-state index is 0.0783. The average molecular weight is 435 g/mol. The molecule has 4 rings (SSSR count). The van der Waals surface area contributed by atoms with E-state index in [-0.39, 0.29) is 11.8 Å². The van der Waals surface area contributed by atoms with Crippen LogP contribution in [-0.2, 0) is 15.3 Å². The Balaban J connectivity index is 1.24. The van der Waals surface area contributed by atoms with Crippen molar-refractivity contribution in [3.8, 4) is 11.5 Å². The fourth-order valence-corrected chi connectivity index (χ4v) is 4.53. The number of ether oxygens (including phenoxy) is 1. The molecule has 3 aromatic carbocycles. The molecule has 3 aromatic rings. The van der Waals surface area contributed by atoms with E-state index < -0.39 is 0 Å². The van der Waals surface area contributed by atoms with E-state index in [1.165, 1.54) is 5.39 Å². The van der Waals surface area contributed by atoms with Crippen molar-refractivity contribution in [2.24, 2.45) is 0 Å². The molecule has 1 aliphatic rings. The average Bonchev–Trinajstić information content (AvgIpc) is 2.80. The van der Waals surface area contributed by atoms with Crippen LogP contribution in [0.15, 0.2) is 66.7 Å². The molecule has 2 amide bonds. The van der Waals surface area contributed by atoms with Crippen molar-refractivity contribution in [3.63, 3.8) is 0 Å². The van der Waals surface area contributed by atoms with E-state index >= 15 is 0 Å². The molecule has 0 radical (unpaired) electrons. The summed E-state index contributed by atoms with van der Waals surface area (Å²) in [6.45, 7) is 4.08. The van der Waals surface area contributed by atoms with Crippen molar-refractivity contribution >= 4 is 34.3 Å². The van der Waals surface area contributed by atoms with Gasteiger partial charge >= 0.3 is 0 Å². The van der Waals surface area contributed by atoms with Crippen molar-refractivity contribution in [1.82, 2.24) is 9.80 Å². The second-order valence-electron chi connectivity index (χ2n) is 7.63. The number of benzene rings is 3. The quantitative estimate of drug-likeness (QED) is 0.571. The standard InChI is InChI=1S/C25H26N2O3S/c1-19(28)26-12-14-27(15-13-26)25(29)18-31-17-20-6-9-23(10-7-20)30-24-11-8-21-4-2-3-5-22(21)16-24/h2-11,16H,12-15,17-18H2,1H3. The van der Waals surface area contributed by atoms with E-state index in [1.54, 1.807) is 23.6 Å². The van der Waals surface area contributed by atoms with Crippen LogP contribution in [-0.4, -0.2) is 53.5 Å². The van der Waals surface area contributed by atoms with Gasteiger partial charge < -0.3 is 14.5 Å². The Kier molecular flexibility index (Phi) is 6.77. The molecule has 1 heterocycles. The SMILES string of the molecule is CC(=O)N1CCN(C(=O)CSCc2ccc(Oc3ccc4ccccc4c3)cc2)CC1. The van der Waals surface area contributed by atoms with Crippen LogP contribution in [0.25, 0.3) is 10.8 Å². The lowest BCUT2D eigenvalue weighted by Gasteiger charge is -2.34. The molecule has 0 spiro atoms. The lowest BCUT2D eigenvalue weighted by Crippen LogP contribution is -2.50. The highest BCUT2D eigenvalue weighted by molar-refractivity contribution is 7.99. The van der Waals surface area contributed by atoms with Gasteiger partial charge in [-0.1, -0.05) is 42.5 Å². The highest BCUT2D eigenvalue weighted by Crippen LogP contribution is 2.26. The third-order valence-electron chi connectivity index (χ3n) is 5.45. The maximum Gasteiger partial charge on any atom is 0.232 e. The summed E-state index contributed by atoms with van der Waals surface area (Å²) in [6, 6.07) is 22.3. The molecule has 0 unspecified atom stereocenters. The van der Waals surface area contributed by atoms with Crippen LogP contribution < -0.4 is 4.74 Å². The normalized spacial score (nSPS) is 14.0. The largest absolute Gasteiger partial charge is 0.457 e. The number of nitrogens with zero attached hydrogens (tertiary/aromatic N) is 2. The smallest absolute Gasteiger partial charge is 0.232 e. The Hall–Kier alpha value is -2.99. The molecule has 0 atom stereocenters. The summed E-state index contributed by atoms with van der Waals surface area (Å²) in [7, 11) is 0. The van der Waals surface area contributed by atoms with Crippen LogP contribution in [0.4, 0.5) is 0 Å². The molecule has 0 aliphatic carbocycles. The predicted octanol–water partition coefficient (Wildman–Crippen LogP) is 4.56. The molecule has 160 valence electrons. The van der Waals surface area contributed by atoms with Gasteiger partial charge in [0.1, 0.15) is 11.5 Å². The van der Waals surface area contributed by atoms with Gasteiger partial charge in [-0.2, -0.15) is 0 Å². The van der Waals surface area contributed by atoms with Crippen LogP contribution >= 0.6 is 11.8 Å². The van der Waals surface area contributed by atoms with Crippen molar-refractivity contribution in [3.05, 3.63) is 72.3 Å². The van der Waals surface area contributed by atoms with E-state index in [4.69, 9.17) is 4.74 Å². The van der Waals surface area contributed by atoms with E-state index in [0.717, 1.165) is 28.2 Å². The first-order chi connectivity index (χ1) is 15.1. The number of hydrogen-bond acceptors (Lipinski definition) is 4. The molecule has 1 saturated heterocycles. The summed E-state index contributed by atoms with van der Waals surface area (Å²) < 4.78 is 5.99. The van der Waals surface area contributed by atoms with Gasteiger partial charge in [0.05, 0.1) is 5.75 Å². The second kappa shape index (κ2) is 9.88. The Labute approximate surface area is 187 Å². The van der Waals surface area contributed by atoms with Gasteiger partial charge in [-0.25, -0.2) is 0 Å². The van der Waals surface area contributed by atoms with Crippen molar-refractivity contribution in [1.29, 1.82) is 0 Å². The Bertz CT molecular complexity index is 1060. The Morgan fingerprint density at radius 2 is 1.48 bits per heavy atom. The summed E-state index contributed by atoms with van der Waals surface area (Å²) in [5, 5.41) is 2.35. The topological polar surface area (TPSA) is 49.9 Å². The molecule has 0 saturated carbocycles. The maximum atomic E-state index is 12.4. The number of hydrogen-bond donors (Lipinski definition) is 0. The molecular weight excluding hydrogens is 408 g/mol. The number of amides is 2. The van der Waals surface area contributed by atoms with Crippen molar-refractivity contribution < 1.29 is 14.3 Å². The first-order valence-electron chi connectivity index (χ1n) is 10.4. The molecule has 5 nitrogen and oxygen atoms in total. The minimum Gasteiger partial charge on any atom is -0.457 e. The summed E-state index contributed by atoms with van der Waals surface area (Å²) in [5.41, 5.74) is 1.16. The monoisotopic (exact) mass is 434 g/mol. The zero-order chi connectivity index (χ0) is 21.6. The summed E-state index contributed by atoms with van der Waals surface area (Å²) in [5.74, 6) is 3.06. The minimum atomic E-state index is 0.0783. The van der Waals surface area contributed by atoms with Crippen molar-refractivity contribution in [2.45, 2.75) is 12.7 Å². The third kappa shape index (κ3) is 5.58. The summed E-state index contributed by atoms with van der Waals surface area (Å²) in [4.78, 5) is 27.4. The summed E-state index contributed by atoms with van der Waals surface area (Å²) >= 11 is 1.61. The van der Waals surface area contributed by atoms with E-state index in [0.29, 0.717) is 31.9 Å².